The lowest BCUT2D eigenvalue weighted by atomic mass is 9.85. The van der Waals surface area contributed by atoms with Crippen LogP contribution in [-0.4, -0.2) is 28.8 Å². The van der Waals surface area contributed by atoms with Crippen LogP contribution >= 0.6 is 0 Å². The minimum Gasteiger partial charge on any atom is -0.338 e. The third kappa shape index (κ3) is 1.92. The zero-order valence-electron chi connectivity index (χ0n) is 9.88. The van der Waals surface area contributed by atoms with E-state index in [0.717, 1.165) is 24.7 Å². The van der Waals surface area contributed by atoms with E-state index < -0.39 is 0 Å². The molecule has 90 valence electrons. The molecule has 0 aromatic carbocycles. The highest BCUT2D eigenvalue weighted by molar-refractivity contribution is 5.73. The summed E-state index contributed by atoms with van der Waals surface area (Å²) in [6.45, 7) is 1.07. The minimum absolute atomic E-state index is 0.549. The molecule has 1 aliphatic heterocycles. The second-order valence-electron chi connectivity index (χ2n) is 5.03. The van der Waals surface area contributed by atoms with Crippen molar-refractivity contribution in [2.24, 2.45) is 5.92 Å². The van der Waals surface area contributed by atoms with E-state index in [9.17, 15) is 4.79 Å². The molecule has 1 saturated heterocycles. The summed E-state index contributed by atoms with van der Waals surface area (Å²) >= 11 is 0. The molecule has 2 aliphatic rings. The Labute approximate surface area is 101 Å². The van der Waals surface area contributed by atoms with Gasteiger partial charge in [-0.2, -0.15) is 0 Å². The standard InChI is InChI=1S/C13H17N3O/c17-9-10-7-14-13(15-8-10)16-6-5-11-3-1-2-4-12(11)16/h7-9,11-12H,1-6H2. The number of aldehydes is 1. The zero-order valence-corrected chi connectivity index (χ0v) is 9.88. The van der Waals surface area contributed by atoms with Gasteiger partial charge in [0, 0.05) is 25.0 Å². The van der Waals surface area contributed by atoms with Crippen LogP contribution in [0.15, 0.2) is 12.4 Å². The summed E-state index contributed by atoms with van der Waals surface area (Å²) in [6, 6.07) is 0.630. The van der Waals surface area contributed by atoms with Gasteiger partial charge in [0.25, 0.3) is 0 Å². The van der Waals surface area contributed by atoms with E-state index in [1.165, 1.54) is 32.1 Å². The van der Waals surface area contributed by atoms with Gasteiger partial charge in [0.05, 0.1) is 5.56 Å². The Morgan fingerprint density at radius 1 is 1.18 bits per heavy atom. The number of hydrogen-bond acceptors (Lipinski definition) is 4. The molecule has 2 unspecified atom stereocenters. The van der Waals surface area contributed by atoms with Crippen molar-refractivity contribution in [1.29, 1.82) is 0 Å². The molecule has 2 heterocycles. The van der Waals surface area contributed by atoms with Gasteiger partial charge in [0.15, 0.2) is 6.29 Å². The summed E-state index contributed by atoms with van der Waals surface area (Å²) in [5.74, 6) is 1.63. The van der Waals surface area contributed by atoms with Crippen LogP contribution in [0.3, 0.4) is 0 Å². The second-order valence-corrected chi connectivity index (χ2v) is 5.03. The Morgan fingerprint density at radius 2 is 1.94 bits per heavy atom. The van der Waals surface area contributed by atoms with Crippen molar-refractivity contribution >= 4 is 12.2 Å². The fourth-order valence-electron chi connectivity index (χ4n) is 3.19. The van der Waals surface area contributed by atoms with Gasteiger partial charge >= 0.3 is 0 Å². The first-order valence-electron chi connectivity index (χ1n) is 6.42. The highest BCUT2D eigenvalue weighted by atomic mass is 16.1. The third-order valence-electron chi connectivity index (χ3n) is 4.06. The Morgan fingerprint density at radius 3 is 2.71 bits per heavy atom. The largest absolute Gasteiger partial charge is 0.338 e. The summed E-state index contributed by atoms with van der Waals surface area (Å²) in [6.07, 6.45) is 10.6. The van der Waals surface area contributed by atoms with Crippen LogP contribution in [0.25, 0.3) is 0 Å². The number of hydrogen-bond donors (Lipinski definition) is 0. The quantitative estimate of drug-likeness (QED) is 0.731. The average molecular weight is 231 g/mol. The van der Waals surface area contributed by atoms with Gasteiger partial charge in [0.1, 0.15) is 0 Å². The molecular formula is C13H17N3O. The molecule has 0 bridgehead atoms. The molecule has 0 radical (unpaired) electrons. The maximum Gasteiger partial charge on any atom is 0.225 e. The fraction of sp³-hybridized carbons (Fsp3) is 0.615. The van der Waals surface area contributed by atoms with Crippen LogP contribution in [0.2, 0.25) is 0 Å². The minimum atomic E-state index is 0.549. The van der Waals surface area contributed by atoms with Crippen LogP contribution in [0, 0.1) is 5.92 Å². The first-order chi connectivity index (χ1) is 8.38. The van der Waals surface area contributed by atoms with Crippen molar-refractivity contribution < 1.29 is 4.79 Å². The van der Waals surface area contributed by atoms with E-state index in [1.54, 1.807) is 12.4 Å². The van der Waals surface area contributed by atoms with E-state index in [-0.39, 0.29) is 0 Å². The van der Waals surface area contributed by atoms with Gasteiger partial charge in [-0.3, -0.25) is 4.79 Å². The number of carbonyl (C=O) groups excluding carboxylic acids is 1. The lowest BCUT2D eigenvalue weighted by molar-refractivity contribution is 0.112. The molecule has 2 atom stereocenters. The van der Waals surface area contributed by atoms with Crippen molar-refractivity contribution in [3.8, 4) is 0 Å². The lowest BCUT2D eigenvalue weighted by Gasteiger charge is -2.31. The summed E-state index contributed by atoms with van der Waals surface area (Å²) < 4.78 is 0. The maximum absolute atomic E-state index is 10.6. The summed E-state index contributed by atoms with van der Waals surface area (Å²) in [5.41, 5.74) is 0.549. The number of nitrogens with zero attached hydrogens (tertiary/aromatic N) is 3. The Balaban J connectivity index is 1.81. The Hall–Kier alpha value is -1.45. The third-order valence-corrected chi connectivity index (χ3v) is 4.06. The van der Waals surface area contributed by atoms with Gasteiger partial charge in [-0.15, -0.1) is 0 Å². The van der Waals surface area contributed by atoms with Crippen molar-refractivity contribution in [2.75, 3.05) is 11.4 Å². The number of anilines is 1. The van der Waals surface area contributed by atoms with E-state index in [1.807, 2.05) is 0 Å². The highest BCUT2D eigenvalue weighted by Crippen LogP contribution is 2.37. The average Bonchev–Trinajstić information content (AvgIpc) is 2.83. The molecule has 0 N–H and O–H groups in total. The molecule has 2 fully saturated rings. The van der Waals surface area contributed by atoms with E-state index in [2.05, 4.69) is 14.9 Å². The highest BCUT2D eigenvalue weighted by Gasteiger charge is 2.36. The van der Waals surface area contributed by atoms with Crippen molar-refractivity contribution in [1.82, 2.24) is 9.97 Å². The summed E-state index contributed by atoms with van der Waals surface area (Å²) in [4.78, 5) is 21.5. The van der Waals surface area contributed by atoms with Gasteiger partial charge in [0.2, 0.25) is 5.95 Å². The van der Waals surface area contributed by atoms with Gasteiger partial charge < -0.3 is 4.90 Å². The Kier molecular flexibility index (Phi) is 2.79. The fourth-order valence-corrected chi connectivity index (χ4v) is 3.19. The topological polar surface area (TPSA) is 46.1 Å². The summed E-state index contributed by atoms with van der Waals surface area (Å²) in [5, 5.41) is 0. The van der Waals surface area contributed by atoms with E-state index >= 15 is 0 Å². The van der Waals surface area contributed by atoms with Crippen LogP contribution in [0.5, 0.6) is 0 Å². The molecule has 1 aliphatic carbocycles. The second kappa shape index (κ2) is 4.43. The van der Waals surface area contributed by atoms with E-state index in [0.29, 0.717) is 11.6 Å². The lowest BCUT2D eigenvalue weighted by Crippen LogP contribution is -2.35. The Bertz CT molecular complexity index is 404. The molecule has 1 saturated carbocycles. The number of aromatic nitrogens is 2. The van der Waals surface area contributed by atoms with Crippen molar-refractivity contribution in [3.63, 3.8) is 0 Å². The smallest absolute Gasteiger partial charge is 0.225 e. The molecule has 0 amide bonds. The van der Waals surface area contributed by atoms with Crippen LogP contribution in [0.1, 0.15) is 42.5 Å². The van der Waals surface area contributed by atoms with Gasteiger partial charge in [-0.1, -0.05) is 12.8 Å². The van der Waals surface area contributed by atoms with E-state index in [4.69, 9.17) is 0 Å². The van der Waals surface area contributed by atoms with Crippen molar-refractivity contribution in [3.05, 3.63) is 18.0 Å². The molecule has 4 nitrogen and oxygen atoms in total. The van der Waals surface area contributed by atoms with Gasteiger partial charge in [-0.25, -0.2) is 9.97 Å². The molecule has 17 heavy (non-hydrogen) atoms. The molecular weight excluding hydrogens is 214 g/mol. The number of rotatable bonds is 2. The molecule has 3 rings (SSSR count). The molecule has 1 aromatic heterocycles. The summed E-state index contributed by atoms with van der Waals surface area (Å²) in [7, 11) is 0. The SMILES string of the molecule is O=Cc1cnc(N2CCC3CCCCC32)nc1. The molecule has 4 heteroatoms. The maximum atomic E-state index is 10.6. The van der Waals surface area contributed by atoms with Crippen LogP contribution < -0.4 is 4.90 Å². The van der Waals surface area contributed by atoms with Crippen molar-refractivity contribution in [2.45, 2.75) is 38.1 Å². The first-order valence-corrected chi connectivity index (χ1v) is 6.42. The number of carbonyl (C=O) groups is 1. The normalized spacial score (nSPS) is 27.9. The molecule has 0 spiro atoms. The van der Waals surface area contributed by atoms with Crippen LogP contribution in [0.4, 0.5) is 5.95 Å². The monoisotopic (exact) mass is 231 g/mol. The number of fused-ring (bicyclic) bond motifs is 1. The molecule has 1 aromatic rings. The predicted octanol–water partition coefficient (Wildman–Crippen LogP) is 2.06. The zero-order chi connectivity index (χ0) is 11.7. The van der Waals surface area contributed by atoms with Gasteiger partial charge in [-0.05, 0) is 25.2 Å². The van der Waals surface area contributed by atoms with Crippen LogP contribution in [-0.2, 0) is 0 Å². The predicted molar refractivity (Wildman–Crippen MR) is 65.1 cm³/mol. The first kappa shape index (κ1) is 10.7.